The summed E-state index contributed by atoms with van der Waals surface area (Å²) >= 11 is 1.63. The molecule has 3 fully saturated rings. The maximum Gasteiger partial charge on any atom is 0.248 e. The largest absolute Gasteiger partial charge is 0.497 e. The minimum absolute atomic E-state index is 0.0240. The Morgan fingerprint density at radius 2 is 1.97 bits per heavy atom. The van der Waals surface area contributed by atoms with Crippen molar-refractivity contribution in [2.45, 2.75) is 62.1 Å². The number of benzene rings is 1. The highest BCUT2D eigenvalue weighted by Crippen LogP contribution is 2.66. The lowest BCUT2D eigenvalue weighted by atomic mass is 9.70. The number of hydrogen-bond donors (Lipinski definition) is 3. The van der Waals surface area contributed by atoms with Gasteiger partial charge in [-0.3, -0.25) is 14.4 Å². The van der Waals surface area contributed by atoms with Crippen LogP contribution >= 0.6 is 11.8 Å². The lowest BCUT2D eigenvalue weighted by molar-refractivity contribution is -0.142. The number of carbonyl (C=O) groups is 3. The van der Waals surface area contributed by atoms with Gasteiger partial charge < -0.3 is 25.4 Å². The van der Waals surface area contributed by atoms with E-state index in [9.17, 15) is 19.5 Å². The average Bonchev–Trinajstić information content (AvgIpc) is 3.46. The van der Waals surface area contributed by atoms with Gasteiger partial charge in [0.15, 0.2) is 0 Å². The van der Waals surface area contributed by atoms with Gasteiger partial charge in [0.05, 0.1) is 36.3 Å². The molecule has 3 aliphatic rings. The lowest BCUT2D eigenvalue weighted by Crippen LogP contribution is -2.56. The molecule has 9 heteroatoms. The molecule has 0 aromatic heterocycles. The number of methoxy groups -OCH3 is 1. The third-order valence-electron chi connectivity index (χ3n) is 7.51. The fourth-order valence-electron chi connectivity index (χ4n) is 5.92. The van der Waals surface area contributed by atoms with Crippen molar-refractivity contribution in [3.05, 3.63) is 24.3 Å². The van der Waals surface area contributed by atoms with Crippen molar-refractivity contribution in [3.63, 3.8) is 0 Å². The van der Waals surface area contributed by atoms with Crippen LogP contribution in [-0.4, -0.2) is 70.1 Å². The monoisotopic (exact) mass is 489 g/mol. The number of nitrogens with one attached hydrogen (secondary N) is 2. The van der Waals surface area contributed by atoms with E-state index in [1.807, 2.05) is 20.8 Å². The number of ether oxygens (including phenoxy) is 1. The van der Waals surface area contributed by atoms with E-state index in [0.717, 1.165) is 12.8 Å². The van der Waals surface area contributed by atoms with Crippen LogP contribution in [0.25, 0.3) is 0 Å². The van der Waals surface area contributed by atoms with E-state index in [0.29, 0.717) is 24.4 Å². The number of carbonyl (C=O) groups excluding carboxylic acids is 3. The first-order chi connectivity index (χ1) is 16.3. The Morgan fingerprint density at radius 1 is 1.26 bits per heavy atom. The number of amides is 3. The molecule has 0 aliphatic carbocycles. The number of anilines is 1. The topological polar surface area (TPSA) is 108 Å². The summed E-state index contributed by atoms with van der Waals surface area (Å²) in [7, 11) is 1.58. The van der Waals surface area contributed by atoms with Crippen molar-refractivity contribution in [3.8, 4) is 5.75 Å². The van der Waals surface area contributed by atoms with Gasteiger partial charge in [-0.05, 0) is 49.4 Å². The van der Waals surface area contributed by atoms with Crippen LogP contribution in [0.5, 0.6) is 5.75 Å². The van der Waals surface area contributed by atoms with Crippen LogP contribution in [0.2, 0.25) is 0 Å². The van der Waals surface area contributed by atoms with E-state index in [1.54, 1.807) is 48.0 Å². The predicted octanol–water partition coefficient (Wildman–Crippen LogP) is 2.27. The summed E-state index contributed by atoms with van der Waals surface area (Å²) in [5.41, 5.74) is 0.609. The standard InChI is InChI=1S/C25H35N3O5S/c1-5-12-26-22(30)19-18-10-11-25(34-18)20(19)24(32)28(17(13-29)14(2)3)21(25)23(31)27-15-6-8-16(33-4)9-7-15/h6-9,14,17-21,29H,5,10-13H2,1-4H3,(H,26,30)(H,27,31)/t17-,18-,19+,20-,21?,25?/m0/s1. The second-order valence-corrected chi connectivity index (χ2v) is 11.4. The van der Waals surface area contributed by atoms with E-state index in [2.05, 4.69) is 10.6 Å². The van der Waals surface area contributed by atoms with Crippen molar-refractivity contribution < 1.29 is 24.2 Å². The van der Waals surface area contributed by atoms with Gasteiger partial charge in [-0.25, -0.2) is 0 Å². The molecule has 0 radical (unpaired) electrons. The Morgan fingerprint density at radius 3 is 2.56 bits per heavy atom. The number of rotatable bonds is 9. The minimum atomic E-state index is -0.759. The van der Waals surface area contributed by atoms with Crippen LogP contribution in [0.15, 0.2) is 24.3 Å². The summed E-state index contributed by atoms with van der Waals surface area (Å²) in [6.45, 7) is 6.20. The number of nitrogens with zero attached hydrogens (tertiary/aromatic N) is 1. The van der Waals surface area contributed by atoms with E-state index >= 15 is 0 Å². The summed E-state index contributed by atoms with van der Waals surface area (Å²) in [6, 6.07) is 5.80. The molecule has 6 atom stereocenters. The highest BCUT2D eigenvalue weighted by Gasteiger charge is 2.74. The molecule has 186 valence electrons. The Balaban J connectivity index is 1.70. The molecule has 3 amide bonds. The smallest absolute Gasteiger partial charge is 0.248 e. The molecule has 4 rings (SSSR count). The molecule has 8 nitrogen and oxygen atoms in total. The Hall–Kier alpha value is -2.26. The first-order valence-electron chi connectivity index (χ1n) is 12.1. The summed E-state index contributed by atoms with van der Waals surface area (Å²) in [5, 5.41) is 16.2. The van der Waals surface area contributed by atoms with E-state index in [4.69, 9.17) is 4.74 Å². The van der Waals surface area contributed by atoms with Crippen LogP contribution in [0.3, 0.4) is 0 Å². The highest BCUT2D eigenvalue weighted by atomic mass is 32.2. The van der Waals surface area contributed by atoms with Crippen molar-refractivity contribution in [2.75, 3.05) is 25.6 Å². The number of fused-ring (bicyclic) bond motifs is 1. The zero-order valence-corrected chi connectivity index (χ0v) is 21.1. The fraction of sp³-hybridized carbons (Fsp3) is 0.640. The molecule has 1 spiro atoms. The second-order valence-electron chi connectivity index (χ2n) is 9.80. The molecule has 3 aliphatic heterocycles. The minimum Gasteiger partial charge on any atom is -0.497 e. The Labute approximate surface area is 205 Å². The van der Waals surface area contributed by atoms with Crippen molar-refractivity contribution in [2.24, 2.45) is 17.8 Å². The Bertz CT molecular complexity index is 939. The molecule has 2 unspecified atom stereocenters. The predicted molar refractivity (Wildman–Crippen MR) is 132 cm³/mol. The van der Waals surface area contributed by atoms with Crippen LogP contribution in [0.1, 0.15) is 40.0 Å². The number of thioether (sulfide) groups is 1. The number of aliphatic hydroxyl groups is 1. The fourth-order valence-corrected chi connectivity index (χ4v) is 8.13. The second kappa shape index (κ2) is 9.77. The number of aliphatic hydroxyl groups excluding tert-OH is 1. The molecule has 1 aromatic rings. The van der Waals surface area contributed by atoms with Gasteiger partial charge in [0.1, 0.15) is 11.8 Å². The van der Waals surface area contributed by atoms with Crippen molar-refractivity contribution in [1.82, 2.24) is 10.2 Å². The SMILES string of the molecule is CCCNC(=O)[C@@H]1[C@@H]2CCC3(S2)C(C(=O)Nc2ccc(OC)cc2)N([C@@H](CO)C(C)C)C(=O)[C@H]13. The molecule has 1 aromatic carbocycles. The van der Waals surface area contributed by atoms with Gasteiger partial charge in [-0.1, -0.05) is 20.8 Å². The number of hydrogen-bond acceptors (Lipinski definition) is 6. The molecule has 34 heavy (non-hydrogen) atoms. The van der Waals surface area contributed by atoms with Gasteiger partial charge in [-0.2, -0.15) is 0 Å². The summed E-state index contributed by atoms with van der Waals surface area (Å²) < 4.78 is 4.53. The quantitative estimate of drug-likeness (QED) is 0.491. The van der Waals surface area contributed by atoms with Crippen LogP contribution < -0.4 is 15.4 Å². The van der Waals surface area contributed by atoms with Gasteiger partial charge in [0.2, 0.25) is 17.7 Å². The van der Waals surface area contributed by atoms with Gasteiger partial charge >= 0.3 is 0 Å². The van der Waals surface area contributed by atoms with Crippen molar-refractivity contribution >= 4 is 35.2 Å². The summed E-state index contributed by atoms with van der Waals surface area (Å²) in [5.74, 6) is -0.939. The van der Waals surface area contributed by atoms with Crippen LogP contribution in [-0.2, 0) is 14.4 Å². The number of likely N-dealkylation sites (tertiary alicyclic amines) is 1. The molecule has 3 saturated heterocycles. The summed E-state index contributed by atoms with van der Waals surface area (Å²) in [4.78, 5) is 42.5. The van der Waals surface area contributed by atoms with Crippen LogP contribution in [0.4, 0.5) is 5.69 Å². The zero-order chi connectivity index (χ0) is 24.6. The van der Waals surface area contributed by atoms with Crippen molar-refractivity contribution in [1.29, 1.82) is 0 Å². The van der Waals surface area contributed by atoms with Gasteiger partial charge in [0.25, 0.3) is 0 Å². The average molecular weight is 490 g/mol. The third kappa shape index (κ3) is 3.96. The summed E-state index contributed by atoms with van der Waals surface area (Å²) in [6.07, 6.45) is 2.31. The van der Waals surface area contributed by atoms with Crippen LogP contribution in [0, 0.1) is 17.8 Å². The van der Waals surface area contributed by atoms with Gasteiger partial charge in [-0.15, -0.1) is 11.8 Å². The van der Waals surface area contributed by atoms with E-state index in [1.165, 1.54) is 0 Å². The molecular weight excluding hydrogens is 454 g/mol. The lowest BCUT2D eigenvalue weighted by Gasteiger charge is -2.38. The maximum atomic E-state index is 13.9. The molecule has 3 N–H and O–H groups in total. The maximum absolute atomic E-state index is 13.9. The first kappa shape index (κ1) is 24.9. The van der Waals surface area contributed by atoms with Gasteiger partial charge in [0, 0.05) is 17.5 Å². The molecule has 0 saturated carbocycles. The zero-order valence-electron chi connectivity index (χ0n) is 20.2. The first-order valence-corrected chi connectivity index (χ1v) is 13.0. The normalized spacial score (nSPS) is 30.4. The Kier molecular flexibility index (Phi) is 7.14. The van der Waals surface area contributed by atoms with E-state index in [-0.39, 0.29) is 35.5 Å². The molecular formula is C25H35N3O5S. The van der Waals surface area contributed by atoms with E-state index < -0.39 is 28.7 Å². The molecule has 2 bridgehead atoms. The molecule has 3 heterocycles. The highest BCUT2D eigenvalue weighted by molar-refractivity contribution is 8.02. The third-order valence-corrected chi connectivity index (χ3v) is 9.46.